The van der Waals surface area contributed by atoms with Crippen molar-refractivity contribution in [2.45, 2.75) is 0 Å². The van der Waals surface area contributed by atoms with Crippen LogP contribution in [0.4, 0.5) is 5.69 Å². The Bertz CT molecular complexity index is 412. The van der Waals surface area contributed by atoms with E-state index in [1.54, 1.807) is 30.5 Å². The molecule has 0 saturated carbocycles. The molecule has 0 unspecified atom stereocenters. The Balaban J connectivity index is 2.57. The van der Waals surface area contributed by atoms with E-state index in [2.05, 4.69) is 5.16 Å². The molecule has 0 atom stereocenters. The molecule has 13 heavy (non-hydrogen) atoms. The molecule has 0 aliphatic carbocycles. The Morgan fingerprint density at radius 1 is 1.31 bits per heavy atom. The van der Waals surface area contributed by atoms with Crippen molar-refractivity contribution in [2.75, 3.05) is 5.73 Å². The number of hydrogen-bond donors (Lipinski definition) is 1. The highest BCUT2D eigenvalue weighted by atomic mass is 35.5. The fourth-order valence-corrected chi connectivity index (χ4v) is 1.30. The van der Waals surface area contributed by atoms with Gasteiger partial charge in [0.05, 0.1) is 11.2 Å². The summed E-state index contributed by atoms with van der Waals surface area (Å²) in [6, 6.07) is 6.96. The van der Waals surface area contributed by atoms with E-state index in [0.29, 0.717) is 16.5 Å². The van der Waals surface area contributed by atoms with E-state index in [1.807, 2.05) is 0 Å². The molecular formula is C9H7ClN2O. The van der Waals surface area contributed by atoms with Crippen LogP contribution in [0.3, 0.4) is 0 Å². The zero-order chi connectivity index (χ0) is 9.26. The topological polar surface area (TPSA) is 52.0 Å². The third-order valence-corrected chi connectivity index (χ3v) is 2.02. The Morgan fingerprint density at radius 2 is 2.15 bits per heavy atom. The first-order valence-corrected chi connectivity index (χ1v) is 4.11. The molecular weight excluding hydrogens is 188 g/mol. The second-order valence-corrected chi connectivity index (χ2v) is 3.02. The molecule has 1 heterocycles. The lowest BCUT2D eigenvalue weighted by Crippen LogP contribution is -1.85. The zero-order valence-corrected chi connectivity index (χ0v) is 7.45. The normalized spacial score (nSPS) is 10.2. The van der Waals surface area contributed by atoms with Crippen molar-refractivity contribution >= 4 is 17.3 Å². The molecule has 0 aliphatic rings. The average Bonchev–Trinajstić information content (AvgIpc) is 2.61. The second kappa shape index (κ2) is 3.11. The minimum Gasteiger partial charge on any atom is -0.399 e. The highest BCUT2D eigenvalue weighted by Crippen LogP contribution is 2.29. The fraction of sp³-hybridized carbons (Fsp3) is 0. The molecule has 1 aromatic carbocycles. The van der Waals surface area contributed by atoms with Crippen molar-refractivity contribution < 1.29 is 4.52 Å². The largest absolute Gasteiger partial charge is 0.399 e. The van der Waals surface area contributed by atoms with Gasteiger partial charge in [0, 0.05) is 17.3 Å². The standard InChI is InChI=1S/C9H7ClN2O/c10-8-2-1-6(11)5-7(8)9-3-4-12-13-9/h1-5H,11H2. The van der Waals surface area contributed by atoms with E-state index >= 15 is 0 Å². The Morgan fingerprint density at radius 3 is 2.85 bits per heavy atom. The van der Waals surface area contributed by atoms with Crippen LogP contribution in [-0.4, -0.2) is 5.16 Å². The van der Waals surface area contributed by atoms with E-state index in [4.69, 9.17) is 21.9 Å². The van der Waals surface area contributed by atoms with Crippen LogP contribution >= 0.6 is 11.6 Å². The third kappa shape index (κ3) is 1.51. The van der Waals surface area contributed by atoms with Gasteiger partial charge in [0.25, 0.3) is 0 Å². The van der Waals surface area contributed by atoms with Crippen molar-refractivity contribution in [1.82, 2.24) is 5.16 Å². The van der Waals surface area contributed by atoms with Gasteiger partial charge in [-0.15, -0.1) is 0 Å². The molecule has 0 radical (unpaired) electrons. The monoisotopic (exact) mass is 194 g/mol. The number of nitrogen functional groups attached to an aromatic ring is 1. The molecule has 1 aromatic heterocycles. The van der Waals surface area contributed by atoms with E-state index in [1.165, 1.54) is 0 Å². The SMILES string of the molecule is Nc1ccc(Cl)c(-c2ccno2)c1. The number of anilines is 1. The van der Waals surface area contributed by atoms with Gasteiger partial charge in [0.15, 0.2) is 5.76 Å². The summed E-state index contributed by atoms with van der Waals surface area (Å²) in [5.41, 5.74) is 7.02. The Hall–Kier alpha value is -1.48. The van der Waals surface area contributed by atoms with Gasteiger partial charge in [0.1, 0.15) is 0 Å². The van der Waals surface area contributed by atoms with E-state index < -0.39 is 0 Å². The van der Waals surface area contributed by atoms with Gasteiger partial charge in [0.2, 0.25) is 0 Å². The smallest absolute Gasteiger partial charge is 0.168 e. The minimum absolute atomic E-state index is 0.603. The predicted molar refractivity (Wildman–Crippen MR) is 51.4 cm³/mol. The van der Waals surface area contributed by atoms with Crippen molar-refractivity contribution in [2.24, 2.45) is 0 Å². The summed E-state index contributed by atoms with van der Waals surface area (Å²) in [6.07, 6.45) is 1.56. The second-order valence-electron chi connectivity index (χ2n) is 2.62. The maximum atomic E-state index is 5.94. The maximum absolute atomic E-state index is 5.94. The van der Waals surface area contributed by atoms with E-state index in [0.717, 1.165) is 5.56 Å². The van der Waals surface area contributed by atoms with Crippen molar-refractivity contribution in [3.05, 3.63) is 35.5 Å². The number of nitrogens with zero attached hydrogens (tertiary/aromatic N) is 1. The maximum Gasteiger partial charge on any atom is 0.168 e. The van der Waals surface area contributed by atoms with E-state index in [9.17, 15) is 0 Å². The van der Waals surface area contributed by atoms with Crippen LogP contribution in [0.15, 0.2) is 35.0 Å². The first kappa shape index (κ1) is 8.13. The molecule has 0 fully saturated rings. The molecule has 0 aliphatic heterocycles. The average molecular weight is 195 g/mol. The van der Waals surface area contributed by atoms with Crippen molar-refractivity contribution in [1.29, 1.82) is 0 Å². The summed E-state index contributed by atoms with van der Waals surface area (Å²) in [5.74, 6) is 0.623. The summed E-state index contributed by atoms with van der Waals surface area (Å²) in [5, 5.41) is 4.20. The van der Waals surface area contributed by atoms with E-state index in [-0.39, 0.29) is 0 Å². The van der Waals surface area contributed by atoms with Crippen LogP contribution in [0.25, 0.3) is 11.3 Å². The minimum atomic E-state index is 0.603. The summed E-state index contributed by atoms with van der Waals surface area (Å²) < 4.78 is 4.97. The number of rotatable bonds is 1. The summed E-state index contributed by atoms with van der Waals surface area (Å²) in [7, 11) is 0. The van der Waals surface area contributed by atoms with Gasteiger partial charge in [-0.1, -0.05) is 16.8 Å². The molecule has 66 valence electrons. The Kier molecular flexibility index (Phi) is 1.94. The molecule has 0 spiro atoms. The number of aromatic nitrogens is 1. The zero-order valence-electron chi connectivity index (χ0n) is 6.70. The highest BCUT2D eigenvalue weighted by molar-refractivity contribution is 6.33. The molecule has 0 amide bonds. The number of hydrogen-bond acceptors (Lipinski definition) is 3. The molecule has 4 heteroatoms. The first-order valence-electron chi connectivity index (χ1n) is 3.73. The number of nitrogens with two attached hydrogens (primary N) is 1. The van der Waals surface area contributed by atoms with Gasteiger partial charge in [-0.3, -0.25) is 0 Å². The van der Waals surface area contributed by atoms with Crippen molar-refractivity contribution in [3.8, 4) is 11.3 Å². The third-order valence-electron chi connectivity index (χ3n) is 1.69. The van der Waals surface area contributed by atoms with Crippen molar-refractivity contribution in [3.63, 3.8) is 0 Å². The van der Waals surface area contributed by atoms with Gasteiger partial charge in [-0.2, -0.15) is 0 Å². The van der Waals surface area contributed by atoms with Crippen LogP contribution in [0.5, 0.6) is 0 Å². The van der Waals surface area contributed by atoms with Gasteiger partial charge in [-0.25, -0.2) is 0 Å². The molecule has 0 saturated heterocycles. The van der Waals surface area contributed by atoms with Crippen LogP contribution in [0.1, 0.15) is 0 Å². The summed E-state index contributed by atoms with van der Waals surface area (Å²) in [6.45, 7) is 0. The predicted octanol–water partition coefficient (Wildman–Crippen LogP) is 2.58. The number of benzene rings is 1. The van der Waals surface area contributed by atoms with Crippen LogP contribution in [-0.2, 0) is 0 Å². The molecule has 3 nitrogen and oxygen atoms in total. The van der Waals surface area contributed by atoms with Gasteiger partial charge >= 0.3 is 0 Å². The lowest BCUT2D eigenvalue weighted by molar-refractivity contribution is 0.432. The lowest BCUT2D eigenvalue weighted by Gasteiger charge is -2.00. The molecule has 2 rings (SSSR count). The number of halogens is 1. The van der Waals surface area contributed by atoms with Crippen LogP contribution in [0, 0.1) is 0 Å². The van der Waals surface area contributed by atoms with Gasteiger partial charge in [-0.05, 0) is 18.2 Å². The fourth-order valence-electron chi connectivity index (χ4n) is 1.09. The Labute approximate surface area is 80.1 Å². The van der Waals surface area contributed by atoms with Gasteiger partial charge < -0.3 is 10.3 Å². The lowest BCUT2D eigenvalue weighted by atomic mass is 10.1. The molecule has 2 aromatic rings. The van der Waals surface area contributed by atoms with Crippen LogP contribution < -0.4 is 5.73 Å². The quantitative estimate of drug-likeness (QED) is 0.710. The highest BCUT2D eigenvalue weighted by Gasteiger charge is 2.06. The molecule has 2 N–H and O–H groups in total. The summed E-state index contributed by atoms with van der Waals surface area (Å²) >= 11 is 5.94. The molecule has 0 bridgehead atoms. The first-order chi connectivity index (χ1) is 6.27. The van der Waals surface area contributed by atoms with Crippen LogP contribution in [0.2, 0.25) is 5.02 Å². The summed E-state index contributed by atoms with van der Waals surface area (Å²) in [4.78, 5) is 0.